The standard InChI is InChI=1S/C18H17N3O3/c1-24-18(23)17(13-7-3-2-4-8-13)19-16(22)12-21-11-14-9-5-6-10-15(14)20-21/h2-11,17H,12H2,1H3,(H,19,22)/t17-/m0/s1. The first-order valence-corrected chi connectivity index (χ1v) is 7.51. The summed E-state index contributed by atoms with van der Waals surface area (Å²) in [6.07, 6.45) is 1.80. The lowest BCUT2D eigenvalue weighted by Gasteiger charge is -2.16. The Morgan fingerprint density at radius 3 is 2.54 bits per heavy atom. The zero-order valence-electron chi connectivity index (χ0n) is 13.2. The fraction of sp³-hybridized carbons (Fsp3) is 0.167. The Morgan fingerprint density at radius 2 is 1.83 bits per heavy atom. The van der Waals surface area contributed by atoms with Crippen LogP contribution in [-0.2, 0) is 20.9 Å². The van der Waals surface area contributed by atoms with E-state index in [-0.39, 0.29) is 12.5 Å². The Balaban J connectivity index is 1.74. The van der Waals surface area contributed by atoms with Crippen LogP contribution in [0.3, 0.4) is 0 Å². The SMILES string of the molecule is COC(=O)[C@@H](NC(=O)Cn1cc2ccccc2n1)c1ccccc1. The molecule has 0 spiro atoms. The molecule has 0 radical (unpaired) electrons. The molecule has 122 valence electrons. The second-order valence-electron chi connectivity index (χ2n) is 5.32. The van der Waals surface area contributed by atoms with Gasteiger partial charge in [-0.2, -0.15) is 5.10 Å². The summed E-state index contributed by atoms with van der Waals surface area (Å²) in [6, 6.07) is 15.8. The van der Waals surface area contributed by atoms with Gasteiger partial charge in [0.1, 0.15) is 6.54 Å². The average Bonchev–Trinajstić information content (AvgIpc) is 3.02. The normalized spacial score (nSPS) is 11.9. The van der Waals surface area contributed by atoms with Gasteiger partial charge >= 0.3 is 5.97 Å². The smallest absolute Gasteiger partial charge is 0.333 e. The van der Waals surface area contributed by atoms with Crippen molar-refractivity contribution in [3.63, 3.8) is 0 Å². The maximum absolute atomic E-state index is 12.3. The van der Waals surface area contributed by atoms with Gasteiger partial charge in [0.15, 0.2) is 6.04 Å². The molecule has 0 saturated carbocycles. The summed E-state index contributed by atoms with van der Waals surface area (Å²) in [5, 5.41) is 8.00. The van der Waals surface area contributed by atoms with Crippen LogP contribution >= 0.6 is 0 Å². The summed E-state index contributed by atoms with van der Waals surface area (Å²) in [7, 11) is 1.30. The number of carbonyl (C=O) groups is 2. The number of nitrogens with one attached hydrogen (secondary N) is 1. The number of carbonyl (C=O) groups excluding carboxylic acids is 2. The van der Waals surface area contributed by atoms with Crippen molar-refractivity contribution in [1.82, 2.24) is 15.1 Å². The Morgan fingerprint density at radius 1 is 1.12 bits per heavy atom. The highest BCUT2D eigenvalue weighted by Gasteiger charge is 2.23. The van der Waals surface area contributed by atoms with Gasteiger partial charge in [-0.1, -0.05) is 48.5 Å². The van der Waals surface area contributed by atoms with Crippen LogP contribution in [0.1, 0.15) is 11.6 Å². The van der Waals surface area contributed by atoms with E-state index in [1.54, 1.807) is 35.1 Å². The first-order chi connectivity index (χ1) is 11.7. The molecule has 2 aromatic carbocycles. The largest absolute Gasteiger partial charge is 0.467 e. The van der Waals surface area contributed by atoms with Crippen molar-refractivity contribution in [2.45, 2.75) is 12.6 Å². The molecule has 0 unspecified atom stereocenters. The van der Waals surface area contributed by atoms with Gasteiger partial charge < -0.3 is 10.1 Å². The molecular formula is C18H17N3O3. The number of amides is 1. The third-order valence-corrected chi connectivity index (χ3v) is 3.64. The number of methoxy groups -OCH3 is 1. The molecule has 1 amide bonds. The highest BCUT2D eigenvalue weighted by atomic mass is 16.5. The van der Waals surface area contributed by atoms with Crippen LogP contribution in [0.5, 0.6) is 0 Å². The van der Waals surface area contributed by atoms with Crippen LogP contribution in [0.4, 0.5) is 0 Å². The van der Waals surface area contributed by atoms with Crippen molar-refractivity contribution in [2.24, 2.45) is 0 Å². The lowest BCUT2D eigenvalue weighted by Crippen LogP contribution is -2.36. The molecule has 1 heterocycles. The van der Waals surface area contributed by atoms with Gasteiger partial charge in [0.05, 0.1) is 12.6 Å². The molecule has 0 fully saturated rings. The van der Waals surface area contributed by atoms with Crippen molar-refractivity contribution in [3.8, 4) is 0 Å². The van der Waals surface area contributed by atoms with E-state index in [1.165, 1.54) is 7.11 Å². The molecule has 0 aliphatic heterocycles. The predicted octanol–water partition coefficient (Wildman–Crippen LogP) is 2.07. The molecule has 24 heavy (non-hydrogen) atoms. The monoisotopic (exact) mass is 323 g/mol. The molecule has 6 nitrogen and oxygen atoms in total. The lowest BCUT2D eigenvalue weighted by molar-refractivity contribution is -0.145. The van der Waals surface area contributed by atoms with Gasteiger partial charge in [-0.15, -0.1) is 0 Å². The minimum absolute atomic E-state index is 0.0228. The van der Waals surface area contributed by atoms with Gasteiger partial charge in [-0.05, 0) is 11.6 Å². The highest BCUT2D eigenvalue weighted by molar-refractivity contribution is 5.85. The van der Waals surface area contributed by atoms with E-state index in [9.17, 15) is 9.59 Å². The number of fused-ring (bicyclic) bond motifs is 1. The number of benzene rings is 2. The topological polar surface area (TPSA) is 73.2 Å². The minimum Gasteiger partial charge on any atom is -0.467 e. The molecule has 0 aliphatic rings. The predicted molar refractivity (Wildman–Crippen MR) is 89.1 cm³/mol. The maximum atomic E-state index is 12.3. The number of esters is 1. The lowest BCUT2D eigenvalue weighted by atomic mass is 10.1. The third-order valence-electron chi connectivity index (χ3n) is 3.64. The van der Waals surface area contributed by atoms with Crippen LogP contribution in [0, 0.1) is 0 Å². The summed E-state index contributed by atoms with van der Waals surface area (Å²) >= 11 is 0. The Bertz CT molecular complexity index is 825. The molecule has 0 saturated heterocycles. The minimum atomic E-state index is -0.839. The average molecular weight is 323 g/mol. The van der Waals surface area contributed by atoms with E-state index in [0.717, 1.165) is 10.9 Å². The Hall–Kier alpha value is -3.15. The summed E-state index contributed by atoms with van der Waals surface area (Å²) in [6.45, 7) is 0.0228. The molecule has 1 aromatic heterocycles. The van der Waals surface area contributed by atoms with Crippen molar-refractivity contribution in [2.75, 3.05) is 7.11 Å². The summed E-state index contributed by atoms with van der Waals surface area (Å²) in [5.41, 5.74) is 1.49. The zero-order valence-corrected chi connectivity index (χ0v) is 13.2. The fourth-order valence-corrected chi connectivity index (χ4v) is 2.49. The molecule has 0 aliphatic carbocycles. The van der Waals surface area contributed by atoms with Crippen LogP contribution in [0.25, 0.3) is 10.9 Å². The molecule has 3 aromatic rings. The Labute approximate surface area is 139 Å². The summed E-state index contributed by atoms with van der Waals surface area (Å²) in [4.78, 5) is 24.3. The van der Waals surface area contributed by atoms with E-state index in [0.29, 0.717) is 5.56 Å². The maximum Gasteiger partial charge on any atom is 0.333 e. The molecule has 0 bridgehead atoms. The number of hydrogen-bond acceptors (Lipinski definition) is 4. The molecular weight excluding hydrogens is 306 g/mol. The molecule has 1 N–H and O–H groups in total. The van der Waals surface area contributed by atoms with Crippen molar-refractivity contribution in [1.29, 1.82) is 0 Å². The van der Waals surface area contributed by atoms with E-state index in [2.05, 4.69) is 10.4 Å². The van der Waals surface area contributed by atoms with Gasteiger partial charge in [0.25, 0.3) is 0 Å². The van der Waals surface area contributed by atoms with Crippen LogP contribution in [-0.4, -0.2) is 28.8 Å². The molecule has 1 atom stereocenters. The summed E-state index contributed by atoms with van der Waals surface area (Å²) in [5.74, 6) is -0.831. The van der Waals surface area contributed by atoms with Crippen molar-refractivity contribution >= 4 is 22.8 Å². The van der Waals surface area contributed by atoms with Gasteiger partial charge in [0.2, 0.25) is 5.91 Å². The van der Waals surface area contributed by atoms with Crippen molar-refractivity contribution < 1.29 is 14.3 Å². The summed E-state index contributed by atoms with van der Waals surface area (Å²) < 4.78 is 6.34. The van der Waals surface area contributed by atoms with Gasteiger partial charge in [0, 0.05) is 11.6 Å². The van der Waals surface area contributed by atoms with E-state index in [4.69, 9.17) is 4.74 Å². The number of hydrogen-bond donors (Lipinski definition) is 1. The first-order valence-electron chi connectivity index (χ1n) is 7.51. The number of ether oxygens (including phenoxy) is 1. The second-order valence-corrected chi connectivity index (χ2v) is 5.32. The fourth-order valence-electron chi connectivity index (χ4n) is 2.49. The van der Waals surface area contributed by atoms with Gasteiger partial charge in [-0.25, -0.2) is 4.79 Å². The van der Waals surface area contributed by atoms with E-state index >= 15 is 0 Å². The molecule has 6 heteroatoms. The molecule has 3 rings (SSSR count). The number of aromatic nitrogens is 2. The van der Waals surface area contributed by atoms with E-state index in [1.807, 2.05) is 30.3 Å². The second kappa shape index (κ2) is 6.95. The van der Waals surface area contributed by atoms with Crippen LogP contribution in [0.15, 0.2) is 60.8 Å². The van der Waals surface area contributed by atoms with Crippen molar-refractivity contribution in [3.05, 3.63) is 66.4 Å². The van der Waals surface area contributed by atoms with E-state index < -0.39 is 12.0 Å². The number of rotatable bonds is 5. The first kappa shape index (κ1) is 15.7. The van der Waals surface area contributed by atoms with Crippen LogP contribution < -0.4 is 5.32 Å². The third kappa shape index (κ3) is 3.43. The number of nitrogens with zero attached hydrogens (tertiary/aromatic N) is 2. The zero-order chi connectivity index (χ0) is 16.9. The Kier molecular flexibility index (Phi) is 4.56. The van der Waals surface area contributed by atoms with Crippen LogP contribution in [0.2, 0.25) is 0 Å². The van der Waals surface area contributed by atoms with Gasteiger partial charge in [-0.3, -0.25) is 9.48 Å². The highest BCUT2D eigenvalue weighted by Crippen LogP contribution is 2.15. The quantitative estimate of drug-likeness (QED) is 0.730.